The molecule has 0 radical (unpaired) electrons. The number of rotatable bonds is 6. The van der Waals surface area contributed by atoms with E-state index in [1.54, 1.807) is 12.1 Å². The molecule has 1 amide bonds. The quantitative estimate of drug-likeness (QED) is 0.854. The minimum Gasteiger partial charge on any atom is -0.361 e. The largest absolute Gasteiger partial charge is 0.361 e. The summed E-state index contributed by atoms with van der Waals surface area (Å²) in [4.78, 5) is 15.9. The SMILES string of the molecule is Cc1ccc(NCC(=O)NCCc2ccccc2)nc1C#N. The maximum absolute atomic E-state index is 11.8. The second-order valence-electron chi connectivity index (χ2n) is 4.91. The molecule has 22 heavy (non-hydrogen) atoms. The van der Waals surface area contributed by atoms with Gasteiger partial charge in [0.25, 0.3) is 0 Å². The zero-order chi connectivity index (χ0) is 15.8. The van der Waals surface area contributed by atoms with E-state index in [1.807, 2.05) is 43.3 Å². The molecule has 0 fully saturated rings. The van der Waals surface area contributed by atoms with E-state index in [1.165, 1.54) is 5.56 Å². The first-order valence-corrected chi connectivity index (χ1v) is 7.11. The maximum atomic E-state index is 11.8. The molecular weight excluding hydrogens is 276 g/mol. The number of nitriles is 1. The van der Waals surface area contributed by atoms with E-state index in [-0.39, 0.29) is 12.5 Å². The Labute approximate surface area is 130 Å². The summed E-state index contributed by atoms with van der Waals surface area (Å²) < 4.78 is 0. The topological polar surface area (TPSA) is 77.8 Å². The molecule has 2 rings (SSSR count). The zero-order valence-electron chi connectivity index (χ0n) is 12.5. The number of pyridine rings is 1. The Bertz CT molecular complexity index is 677. The Morgan fingerprint density at radius 1 is 1.23 bits per heavy atom. The van der Waals surface area contributed by atoms with E-state index in [0.29, 0.717) is 18.1 Å². The van der Waals surface area contributed by atoms with Crippen LogP contribution in [0.15, 0.2) is 42.5 Å². The van der Waals surface area contributed by atoms with Crippen molar-refractivity contribution in [1.29, 1.82) is 5.26 Å². The van der Waals surface area contributed by atoms with Crippen LogP contribution in [0.1, 0.15) is 16.8 Å². The summed E-state index contributed by atoms with van der Waals surface area (Å²) in [5, 5.41) is 14.7. The molecule has 0 unspecified atom stereocenters. The van der Waals surface area contributed by atoms with Gasteiger partial charge in [0.1, 0.15) is 17.6 Å². The zero-order valence-corrected chi connectivity index (χ0v) is 12.5. The van der Waals surface area contributed by atoms with Crippen molar-refractivity contribution in [3.63, 3.8) is 0 Å². The highest BCUT2D eigenvalue weighted by Gasteiger charge is 2.04. The lowest BCUT2D eigenvalue weighted by atomic mass is 10.1. The van der Waals surface area contributed by atoms with E-state index >= 15 is 0 Å². The van der Waals surface area contributed by atoms with Gasteiger partial charge < -0.3 is 10.6 Å². The first kappa shape index (κ1) is 15.5. The van der Waals surface area contributed by atoms with Crippen LogP contribution in [0.25, 0.3) is 0 Å². The van der Waals surface area contributed by atoms with Crippen molar-refractivity contribution < 1.29 is 4.79 Å². The molecule has 0 atom stereocenters. The Morgan fingerprint density at radius 3 is 2.73 bits per heavy atom. The number of nitrogens with one attached hydrogen (secondary N) is 2. The number of amides is 1. The highest BCUT2D eigenvalue weighted by atomic mass is 16.1. The van der Waals surface area contributed by atoms with Crippen molar-refractivity contribution in [2.24, 2.45) is 0 Å². The van der Waals surface area contributed by atoms with Gasteiger partial charge in [-0.3, -0.25) is 4.79 Å². The number of nitrogens with zero attached hydrogens (tertiary/aromatic N) is 2. The van der Waals surface area contributed by atoms with Crippen molar-refractivity contribution in [2.75, 3.05) is 18.4 Å². The molecule has 0 aliphatic rings. The summed E-state index contributed by atoms with van der Waals surface area (Å²) in [6, 6.07) is 15.6. The van der Waals surface area contributed by atoms with Gasteiger partial charge in [-0.05, 0) is 30.5 Å². The molecule has 1 aromatic carbocycles. The van der Waals surface area contributed by atoms with Crippen LogP contribution in [0, 0.1) is 18.3 Å². The Balaban J connectivity index is 1.75. The first-order chi connectivity index (χ1) is 10.7. The van der Waals surface area contributed by atoms with E-state index in [0.717, 1.165) is 12.0 Å². The smallest absolute Gasteiger partial charge is 0.239 e. The number of aromatic nitrogens is 1. The fraction of sp³-hybridized carbons (Fsp3) is 0.235. The third kappa shape index (κ3) is 4.60. The summed E-state index contributed by atoms with van der Waals surface area (Å²) >= 11 is 0. The Hall–Kier alpha value is -2.87. The van der Waals surface area contributed by atoms with E-state index in [4.69, 9.17) is 5.26 Å². The van der Waals surface area contributed by atoms with E-state index in [9.17, 15) is 4.79 Å². The van der Waals surface area contributed by atoms with Crippen LogP contribution in [-0.2, 0) is 11.2 Å². The number of hydrogen-bond acceptors (Lipinski definition) is 4. The molecule has 0 spiro atoms. The fourth-order valence-electron chi connectivity index (χ4n) is 1.96. The number of benzene rings is 1. The van der Waals surface area contributed by atoms with Crippen LogP contribution in [0.2, 0.25) is 0 Å². The molecule has 2 aromatic rings. The van der Waals surface area contributed by atoms with Gasteiger partial charge in [0.15, 0.2) is 0 Å². The van der Waals surface area contributed by atoms with Crippen LogP contribution in [0.3, 0.4) is 0 Å². The second kappa shape index (κ2) is 7.79. The Kier molecular flexibility index (Phi) is 5.50. The molecule has 0 saturated carbocycles. The molecule has 5 heteroatoms. The highest BCUT2D eigenvalue weighted by Crippen LogP contribution is 2.08. The normalized spacial score (nSPS) is 9.82. The molecule has 1 heterocycles. The third-order valence-corrected chi connectivity index (χ3v) is 3.21. The summed E-state index contributed by atoms with van der Waals surface area (Å²) in [7, 11) is 0. The van der Waals surface area contributed by atoms with Crippen molar-refractivity contribution in [3.05, 3.63) is 59.3 Å². The van der Waals surface area contributed by atoms with Gasteiger partial charge >= 0.3 is 0 Å². The molecular formula is C17H18N4O. The maximum Gasteiger partial charge on any atom is 0.239 e. The molecule has 112 valence electrons. The van der Waals surface area contributed by atoms with E-state index < -0.39 is 0 Å². The lowest BCUT2D eigenvalue weighted by molar-refractivity contribution is -0.119. The van der Waals surface area contributed by atoms with Gasteiger partial charge in [-0.25, -0.2) is 4.98 Å². The Morgan fingerprint density at radius 2 is 2.00 bits per heavy atom. The third-order valence-electron chi connectivity index (χ3n) is 3.21. The van der Waals surface area contributed by atoms with Crippen molar-refractivity contribution >= 4 is 11.7 Å². The molecule has 0 bridgehead atoms. The van der Waals surface area contributed by atoms with Gasteiger partial charge in [0.05, 0.1) is 6.54 Å². The average Bonchev–Trinajstić information content (AvgIpc) is 2.55. The van der Waals surface area contributed by atoms with Crippen LogP contribution in [0.5, 0.6) is 0 Å². The van der Waals surface area contributed by atoms with Crippen molar-refractivity contribution in [3.8, 4) is 6.07 Å². The molecule has 5 nitrogen and oxygen atoms in total. The first-order valence-electron chi connectivity index (χ1n) is 7.11. The van der Waals surface area contributed by atoms with E-state index in [2.05, 4.69) is 15.6 Å². The van der Waals surface area contributed by atoms with Crippen molar-refractivity contribution in [2.45, 2.75) is 13.3 Å². The highest BCUT2D eigenvalue weighted by molar-refractivity contribution is 5.80. The molecule has 0 saturated heterocycles. The predicted octanol–water partition coefficient (Wildman–Crippen LogP) is 2.03. The van der Waals surface area contributed by atoms with Crippen LogP contribution < -0.4 is 10.6 Å². The lowest BCUT2D eigenvalue weighted by Gasteiger charge is -2.08. The summed E-state index contributed by atoms with van der Waals surface area (Å²) in [5.74, 6) is 0.428. The van der Waals surface area contributed by atoms with Gasteiger partial charge in [0.2, 0.25) is 5.91 Å². The monoisotopic (exact) mass is 294 g/mol. The molecule has 0 aliphatic heterocycles. The molecule has 0 aliphatic carbocycles. The summed E-state index contributed by atoms with van der Waals surface area (Å²) in [6.07, 6.45) is 0.800. The van der Waals surface area contributed by atoms with Gasteiger partial charge in [-0.15, -0.1) is 0 Å². The van der Waals surface area contributed by atoms with Gasteiger partial charge in [-0.1, -0.05) is 36.4 Å². The lowest BCUT2D eigenvalue weighted by Crippen LogP contribution is -2.31. The minimum absolute atomic E-state index is 0.100. The summed E-state index contributed by atoms with van der Waals surface area (Å²) in [5.41, 5.74) is 2.38. The fourth-order valence-corrected chi connectivity index (χ4v) is 1.96. The number of carbonyl (C=O) groups excluding carboxylic acids is 1. The number of anilines is 1. The van der Waals surface area contributed by atoms with Crippen LogP contribution >= 0.6 is 0 Å². The van der Waals surface area contributed by atoms with Crippen LogP contribution in [-0.4, -0.2) is 24.0 Å². The van der Waals surface area contributed by atoms with Crippen LogP contribution in [0.4, 0.5) is 5.82 Å². The van der Waals surface area contributed by atoms with Crippen molar-refractivity contribution in [1.82, 2.24) is 10.3 Å². The van der Waals surface area contributed by atoms with Gasteiger partial charge in [0, 0.05) is 6.54 Å². The standard InChI is InChI=1S/C17H18N4O/c1-13-7-8-16(21-15(13)11-18)20-12-17(22)19-10-9-14-5-3-2-4-6-14/h2-8H,9-10,12H2,1H3,(H,19,22)(H,20,21). The molecule has 1 aromatic heterocycles. The summed E-state index contributed by atoms with van der Waals surface area (Å²) in [6.45, 7) is 2.55. The number of aryl methyl sites for hydroxylation is 1. The number of carbonyl (C=O) groups is 1. The molecule has 2 N–H and O–H groups in total. The average molecular weight is 294 g/mol. The second-order valence-corrected chi connectivity index (χ2v) is 4.91. The van der Waals surface area contributed by atoms with Gasteiger partial charge in [-0.2, -0.15) is 5.26 Å². The number of hydrogen-bond donors (Lipinski definition) is 2. The minimum atomic E-state index is -0.100. The predicted molar refractivity (Wildman–Crippen MR) is 85.3 cm³/mol.